The lowest BCUT2D eigenvalue weighted by Crippen LogP contribution is -2.40. The van der Waals surface area contributed by atoms with Crippen LogP contribution in [0.3, 0.4) is 0 Å². The number of hydrogen-bond acceptors (Lipinski definition) is 5. The molecule has 1 aliphatic heterocycles. The van der Waals surface area contributed by atoms with Crippen LogP contribution in [-0.4, -0.2) is 46.3 Å². The fraction of sp³-hybridized carbons (Fsp3) is 0.471. The van der Waals surface area contributed by atoms with Crippen molar-refractivity contribution in [1.29, 1.82) is 0 Å². The maximum absolute atomic E-state index is 12.7. The van der Waals surface area contributed by atoms with Gasteiger partial charge in [0.05, 0.1) is 30.0 Å². The van der Waals surface area contributed by atoms with E-state index in [4.69, 9.17) is 4.74 Å². The molecule has 3 heterocycles. The lowest BCUT2D eigenvalue weighted by Gasteiger charge is -2.33. The summed E-state index contributed by atoms with van der Waals surface area (Å²) in [5, 5.41) is 8.20. The van der Waals surface area contributed by atoms with Crippen LogP contribution in [-0.2, 0) is 4.74 Å². The van der Waals surface area contributed by atoms with Gasteiger partial charge < -0.3 is 9.64 Å². The fourth-order valence-corrected chi connectivity index (χ4v) is 3.78. The van der Waals surface area contributed by atoms with E-state index in [0.29, 0.717) is 18.7 Å². The molecule has 0 spiro atoms. The molecule has 128 valence electrons. The Bertz CT molecular complexity index is 737. The van der Waals surface area contributed by atoms with Gasteiger partial charge in [-0.05, 0) is 37.6 Å². The molecule has 3 rings (SSSR count). The van der Waals surface area contributed by atoms with E-state index in [1.165, 1.54) is 6.20 Å². The highest BCUT2D eigenvalue weighted by Gasteiger charge is 2.27. The third-order valence-corrected chi connectivity index (χ3v) is 5.12. The predicted octanol–water partition coefficient (Wildman–Crippen LogP) is 2.91. The number of likely N-dealkylation sites (tertiary alicyclic amines) is 1. The molecule has 1 saturated heterocycles. The highest BCUT2D eigenvalue weighted by molar-refractivity contribution is 7.08. The van der Waals surface area contributed by atoms with Crippen molar-refractivity contribution in [1.82, 2.24) is 14.7 Å². The number of hydrogen-bond donors (Lipinski definition) is 0. The van der Waals surface area contributed by atoms with Crippen molar-refractivity contribution in [2.24, 2.45) is 0 Å². The van der Waals surface area contributed by atoms with Crippen LogP contribution in [0.5, 0.6) is 0 Å². The number of carbonyl (C=O) groups is 2. The number of aryl methyl sites for hydroxylation is 1. The molecular formula is C17H21N3O3S. The Balaban J connectivity index is 1.71. The van der Waals surface area contributed by atoms with Crippen LogP contribution in [0, 0.1) is 6.92 Å². The second-order valence-electron chi connectivity index (χ2n) is 5.95. The van der Waals surface area contributed by atoms with E-state index >= 15 is 0 Å². The van der Waals surface area contributed by atoms with E-state index in [9.17, 15) is 9.59 Å². The van der Waals surface area contributed by atoms with Crippen LogP contribution in [0.15, 0.2) is 23.2 Å². The van der Waals surface area contributed by atoms with Gasteiger partial charge in [0, 0.05) is 24.7 Å². The maximum atomic E-state index is 12.7. The number of esters is 1. The largest absolute Gasteiger partial charge is 0.462 e. The molecule has 0 bridgehead atoms. The fourth-order valence-electron chi connectivity index (χ4n) is 2.96. The molecule has 1 amide bonds. The molecular weight excluding hydrogens is 326 g/mol. The van der Waals surface area contributed by atoms with Gasteiger partial charge in [-0.15, -0.1) is 0 Å². The van der Waals surface area contributed by atoms with E-state index in [1.807, 2.05) is 22.6 Å². The number of piperidine rings is 1. The molecule has 0 saturated carbocycles. The first-order valence-electron chi connectivity index (χ1n) is 8.13. The Hall–Kier alpha value is -2.15. The average molecular weight is 347 g/mol. The molecule has 2 aromatic rings. The molecule has 6 nitrogen and oxygen atoms in total. The van der Waals surface area contributed by atoms with Gasteiger partial charge in [0.25, 0.3) is 5.91 Å². The van der Waals surface area contributed by atoms with Crippen molar-refractivity contribution in [2.75, 3.05) is 19.7 Å². The number of amides is 1. The molecule has 1 atom stereocenters. The highest BCUT2D eigenvalue weighted by atomic mass is 32.1. The monoisotopic (exact) mass is 347 g/mol. The summed E-state index contributed by atoms with van der Waals surface area (Å²) in [4.78, 5) is 26.3. The van der Waals surface area contributed by atoms with Gasteiger partial charge in [-0.3, -0.25) is 9.48 Å². The number of nitrogens with zero attached hydrogens (tertiary/aromatic N) is 3. The first-order valence-corrected chi connectivity index (χ1v) is 9.07. The Kier molecular flexibility index (Phi) is 4.99. The predicted molar refractivity (Wildman–Crippen MR) is 91.4 cm³/mol. The van der Waals surface area contributed by atoms with Crippen molar-refractivity contribution in [3.05, 3.63) is 39.8 Å². The van der Waals surface area contributed by atoms with E-state index < -0.39 is 0 Å². The summed E-state index contributed by atoms with van der Waals surface area (Å²) in [7, 11) is 0. The van der Waals surface area contributed by atoms with Gasteiger partial charge in [-0.2, -0.15) is 16.4 Å². The maximum Gasteiger partial charge on any atom is 0.341 e. The van der Waals surface area contributed by atoms with Crippen LogP contribution in [0.2, 0.25) is 0 Å². The summed E-state index contributed by atoms with van der Waals surface area (Å²) >= 11 is 1.55. The SMILES string of the molecule is CCOC(=O)c1cnn(C2CCCN(C(=O)c3cscc3C)C2)c1. The number of thiophene rings is 1. The molecule has 0 radical (unpaired) electrons. The lowest BCUT2D eigenvalue weighted by molar-refractivity contribution is 0.0525. The number of carbonyl (C=O) groups excluding carboxylic acids is 2. The van der Waals surface area contributed by atoms with Gasteiger partial charge in [0.15, 0.2) is 0 Å². The zero-order valence-electron chi connectivity index (χ0n) is 13.9. The molecule has 0 aliphatic carbocycles. The van der Waals surface area contributed by atoms with Crippen LogP contribution in [0.25, 0.3) is 0 Å². The summed E-state index contributed by atoms with van der Waals surface area (Å²) in [5.41, 5.74) is 2.26. The molecule has 1 aliphatic rings. The number of rotatable bonds is 4. The summed E-state index contributed by atoms with van der Waals surface area (Å²) < 4.78 is 6.78. The molecule has 0 aromatic carbocycles. The Morgan fingerprint density at radius 1 is 1.42 bits per heavy atom. The zero-order valence-corrected chi connectivity index (χ0v) is 14.7. The normalized spacial score (nSPS) is 17.8. The third-order valence-electron chi connectivity index (χ3n) is 4.26. The van der Waals surface area contributed by atoms with Gasteiger partial charge in [0.2, 0.25) is 0 Å². The molecule has 2 aromatic heterocycles. The summed E-state index contributed by atoms with van der Waals surface area (Å²) in [5.74, 6) is -0.280. The summed E-state index contributed by atoms with van der Waals surface area (Å²) in [6, 6.07) is 0.0878. The average Bonchev–Trinajstić information content (AvgIpc) is 3.24. The van der Waals surface area contributed by atoms with Crippen molar-refractivity contribution in [2.45, 2.75) is 32.7 Å². The Morgan fingerprint density at radius 2 is 2.25 bits per heavy atom. The zero-order chi connectivity index (χ0) is 17.1. The van der Waals surface area contributed by atoms with Crippen LogP contribution >= 0.6 is 11.3 Å². The molecule has 7 heteroatoms. The standard InChI is InChI=1S/C17H21N3O3S/c1-3-23-17(22)13-7-18-20(8-13)14-5-4-6-19(9-14)16(21)15-11-24-10-12(15)2/h7-8,10-11,14H,3-6,9H2,1-2H3. The van der Waals surface area contributed by atoms with E-state index in [0.717, 1.165) is 30.5 Å². The van der Waals surface area contributed by atoms with Gasteiger partial charge in [-0.1, -0.05) is 0 Å². The van der Waals surface area contributed by atoms with Gasteiger partial charge >= 0.3 is 5.97 Å². The molecule has 1 fully saturated rings. The number of aromatic nitrogens is 2. The molecule has 1 unspecified atom stereocenters. The smallest absolute Gasteiger partial charge is 0.341 e. The third kappa shape index (κ3) is 3.36. The molecule has 24 heavy (non-hydrogen) atoms. The minimum absolute atomic E-state index is 0.0798. The van der Waals surface area contributed by atoms with E-state index in [1.54, 1.807) is 29.1 Å². The number of ether oxygens (including phenoxy) is 1. The van der Waals surface area contributed by atoms with E-state index in [2.05, 4.69) is 5.10 Å². The second kappa shape index (κ2) is 7.17. The first-order chi connectivity index (χ1) is 11.6. The van der Waals surface area contributed by atoms with Gasteiger partial charge in [-0.25, -0.2) is 4.79 Å². The Morgan fingerprint density at radius 3 is 2.96 bits per heavy atom. The Labute approximate surface area is 145 Å². The minimum Gasteiger partial charge on any atom is -0.462 e. The van der Waals surface area contributed by atoms with Crippen molar-refractivity contribution < 1.29 is 14.3 Å². The van der Waals surface area contributed by atoms with E-state index in [-0.39, 0.29) is 17.9 Å². The second-order valence-corrected chi connectivity index (χ2v) is 6.69. The van der Waals surface area contributed by atoms with Crippen molar-refractivity contribution in [3.8, 4) is 0 Å². The topological polar surface area (TPSA) is 64.4 Å². The van der Waals surface area contributed by atoms with Crippen molar-refractivity contribution in [3.63, 3.8) is 0 Å². The highest BCUT2D eigenvalue weighted by Crippen LogP contribution is 2.24. The van der Waals surface area contributed by atoms with Crippen LogP contribution in [0.1, 0.15) is 52.1 Å². The molecule has 0 N–H and O–H groups in total. The minimum atomic E-state index is -0.360. The summed E-state index contributed by atoms with van der Waals surface area (Å²) in [6.07, 6.45) is 5.11. The first kappa shape index (κ1) is 16.7. The van der Waals surface area contributed by atoms with Crippen molar-refractivity contribution >= 4 is 23.2 Å². The van der Waals surface area contributed by atoms with Crippen LogP contribution < -0.4 is 0 Å². The van der Waals surface area contributed by atoms with Crippen LogP contribution in [0.4, 0.5) is 0 Å². The summed E-state index contributed by atoms with van der Waals surface area (Å²) in [6.45, 7) is 5.45. The quantitative estimate of drug-likeness (QED) is 0.798. The lowest BCUT2D eigenvalue weighted by atomic mass is 10.0. The van der Waals surface area contributed by atoms with Gasteiger partial charge in [0.1, 0.15) is 0 Å².